The summed E-state index contributed by atoms with van der Waals surface area (Å²) in [6.45, 7) is 17.3. The highest BCUT2D eigenvalue weighted by molar-refractivity contribution is 5.85. The number of amides is 1. The van der Waals surface area contributed by atoms with Gasteiger partial charge in [-0.3, -0.25) is 19.2 Å². The van der Waals surface area contributed by atoms with Gasteiger partial charge in [-0.1, -0.05) is 65.5 Å². The summed E-state index contributed by atoms with van der Waals surface area (Å²) in [4.78, 5) is 50.7. The maximum absolute atomic E-state index is 13.2. The molecule has 2 unspecified atom stereocenters. The van der Waals surface area contributed by atoms with E-state index >= 15 is 0 Å². The summed E-state index contributed by atoms with van der Waals surface area (Å²) >= 11 is 0. The molecule has 0 heterocycles. The lowest BCUT2D eigenvalue weighted by atomic mass is 9.47. The first kappa shape index (κ1) is 38.4. The number of esters is 2. The number of carboxylic acids is 1. The Kier molecular flexibility index (Phi) is 12.5. The van der Waals surface area contributed by atoms with Crippen LogP contribution in [0, 0.1) is 46.3 Å². The van der Waals surface area contributed by atoms with Crippen LogP contribution in [0.25, 0.3) is 0 Å². The molecule has 4 aliphatic carbocycles. The number of fused-ring (bicyclic) bond motifs is 5. The first-order valence-corrected chi connectivity index (χ1v) is 19.0. The summed E-state index contributed by atoms with van der Waals surface area (Å²) < 4.78 is 11.3. The molecular formula is C40H65NO7. The Hall–Kier alpha value is -2.38. The molecule has 0 bridgehead atoms. The van der Waals surface area contributed by atoms with Gasteiger partial charge in [0.25, 0.3) is 0 Å². The molecule has 0 aliphatic heterocycles. The maximum Gasteiger partial charge on any atom is 0.325 e. The highest BCUT2D eigenvalue weighted by Gasteiger charge is 2.59. The van der Waals surface area contributed by atoms with Crippen LogP contribution in [-0.4, -0.2) is 58.6 Å². The maximum atomic E-state index is 13.2. The standard InChI is InChI=1S/C40H65NO7/c1-26(2)10-9-11-27(3)31-14-15-32-30-13-12-28-24-29(18-21-39(28,7)33(30)19-22-40(31,32)8)47-37(46)25-41(34(42)16-17-35(43)44)23-20-36(45)48-38(4,5)6/h12,26-27,29-33H,9-11,13-25H2,1-8H3,(H,43,44)/t27-,29+,30+,31?,32+,33?,39+,40-/m1/s1. The topological polar surface area (TPSA) is 110 Å². The molecule has 8 heteroatoms. The molecule has 48 heavy (non-hydrogen) atoms. The SMILES string of the molecule is CC(C)CCC[C@@H](C)C1CC[C@H]2[C@@H]3CC=C4C[C@@H](OC(=O)CN(CCC(=O)OC(C)(C)C)C(=O)CCC(=O)O)CC[C@]4(C)C3CC[C@]12C. The number of hydrogen-bond acceptors (Lipinski definition) is 6. The molecule has 0 aromatic carbocycles. The number of carbonyl (C=O) groups excluding carboxylic acids is 3. The molecule has 0 radical (unpaired) electrons. The van der Waals surface area contributed by atoms with Crippen LogP contribution in [0.15, 0.2) is 11.6 Å². The molecule has 0 saturated heterocycles. The molecule has 0 spiro atoms. The van der Waals surface area contributed by atoms with Crippen molar-refractivity contribution in [1.82, 2.24) is 4.90 Å². The average Bonchev–Trinajstić information content (AvgIpc) is 3.34. The summed E-state index contributed by atoms with van der Waals surface area (Å²) in [5.74, 6) is 2.06. The molecule has 4 rings (SSSR count). The van der Waals surface area contributed by atoms with Crippen LogP contribution in [0.2, 0.25) is 0 Å². The monoisotopic (exact) mass is 671 g/mol. The van der Waals surface area contributed by atoms with Crippen molar-refractivity contribution in [2.24, 2.45) is 46.3 Å². The van der Waals surface area contributed by atoms with Crippen LogP contribution < -0.4 is 0 Å². The van der Waals surface area contributed by atoms with E-state index in [1.165, 1.54) is 55.4 Å². The number of allylic oxidation sites excluding steroid dienone is 1. The second-order valence-corrected chi connectivity index (χ2v) is 17.7. The van der Waals surface area contributed by atoms with E-state index in [2.05, 4.69) is 40.7 Å². The fourth-order valence-electron chi connectivity index (χ4n) is 10.4. The van der Waals surface area contributed by atoms with Gasteiger partial charge in [-0.15, -0.1) is 0 Å². The number of carbonyl (C=O) groups is 4. The molecule has 272 valence electrons. The van der Waals surface area contributed by atoms with E-state index in [4.69, 9.17) is 14.6 Å². The first-order valence-electron chi connectivity index (χ1n) is 19.0. The summed E-state index contributed by atoms with van der Waals surface area (Å²) in [5, 5.41) is 9.07. The highest BCUT2D eigenvalue weighted by Crippen LogP contribution is 2.67. The number of ether oxygens (including phenoxy) is 2. The highest BCUT2D eigenvalue weighted by atomic mass is 16.6. The lowest BCUT2D eigenvalue weighted by Gasteiger charge is -2.58. The second kappa shape index (κ2) is 15.7. The van der Waals surface area contributed by atoms with E-state index in [-0.39, 0.29) is 43.9 Å². The molecule has 8 nitrogen and oxygen atoms in total. The van der Waals surface area contributed by atoms with E-state index in [1.54, 1.807) is 20.8 Å². The molecule has 3 fully saturated rings. The zero-order chi connectivity index (χ0) is 35.4. The van der Waals surface area contributed by atoms with Gasteiger partial charge in [0, 0.05) is 19.4 Å². The molecular weight excluding hydrogens is 606 g/mol. The Morgan fingerprint density at radius 2 is 1.67 bits per heavy atom. The fourth-order valence-corrected chi connectivity index (χ4v) is 10.4. The number of nitrogens with zero attached hydrogens (tertiary/aromatic N) is 1. The van der Waals surface area contributed by atoms with Crippen molar-refractivity contribution < 1.29 is 33.8 Å². The van der Waals surface area contributed by atoms with Crippen LogP contribution in [0.3, 0.4) is 0 Å². The third kappa shape index (κ3) is 9.24. The smallest absolute Gasteiger partial charge is 0.325 e. The fraction of sp³-hybridized carbons (Fsp3) is 0.850. The van der Waals surface area contributed by atoms with E-state index in [0.29, 0.717) is 11.3 Å². The van der Waals surface area contributed by atoms with Crippen molar-refractivity contribution in [2.45, 2.75) is 157 Å². The van der Waals surface area contributed by atoms with Crippen molar-refractivity contribution in [3.05, 3.63) is 11.6 Å². The van der Waals surface area contributed by atoms with Gasteiger partial charge in [-0.25, -0.2) is 0 Å². The largest absolute Gasteiger partial charge is 0.481 e. The summed E-state index contributed by atoms with van der Waals surface area (Å²) in [6, 6.07) is 0. The van der Waals surface area contributed by atoms with Gasteiger partial charge >= 0.3 is 17.9 Å². The van der Waals surface area contributed by atoms with Crippen LogP contribution in [0.5, 0.6) is 0 Å². The van der Waals surface area contributed by atoms with Gasteiger partial charge in [-0.2, -0.15) is 0 Å². The lowest BCUT2D eigenvalue weighted by Crippen LogP contribution is -2.51. The van der Waals surface area contributed by atoms with E-state index in [0.717, 1.165) is 55.3 Å². The third-order valence-corrected chi connectivity index (χ3v) is 12.8. The summed E-state index contributed by atoms with van der Waals surface area (Å²) in [6.07, 6.45) is 14.6. The minimum absolute atomic E-state index is 0.0307. The minimum Gasteiger partial charge on any atom is -0.481 e. The van der Waals surface area contributed by atoms with Gasteiger partial charge in [0.1, 0.15) is 18.2 Å². The quantitative estimate of drug-likeness (QED) is 0.146. The van der Waals surface area contributed by atoms with Crippen LogP contribution in [0.4, 0.5) is 0 Å². The molecule has 1 N–H and O–H groups in total. The second-order valence-electron chi connectivity index (χ2n) is 17.7. The van der Waals surface area contributed by atoms with Gasteiger partial charge in [0.2, 0.25) is 5.91 Å². The van der Waals surface area contributed by atoms with E-state index < -0.39 is 29.4 Å². The van der Waals surface area contributed by atoms with Crippen LogP contribution in [-0.2, 0) is 28.7 Å². The summed E-state index contributed by atoms with van der Waals surface area (Å²) in [7, 11) is 0. The summed E-state index contributed by atoms with van der Waals surface area (Å²) in [5.41, 5.74) is 1.36. The number of hydrogen-bond donors (Lipinski definition) is 1. The third-order valence-electron chi connectivity index (χ3n) is 12.8. The molecule has 0 aromatic heterocycles. The van der Waals surface area contributed by atoms with Crippen molar-refractivity contribution in [2.75, 3.05) is 13.1 Å². The Balaban J connectivity index is 1.36. The van der Waals surface area contributed by atoms with Crippen molar-refractivity contribution in [3.8, 4) is 0 Å². The van der Waals surface area contributed by atoms with Gasteiger partial charge in [0.05, 0.1) is 12.8 Å². The normalized spacial score (nSPS) is 31.9. The minimum atomic E-state index is -1.09. The van der Waals surface area contributed by atoms with E-state index in [1.807, 2.05) is 0 Å². The van der Waals surface area contributed by atoms with Crippen molar-refractivity contribution in [3.63, 3.8) is 0 Å². The molecule has 3 saturated carbocycles. The zero-order valence-corrected chi connectivity index (χ0v) is 31.3. The van der Waals surface area contributed by atoms with Gasteiger partial charge < -0.3 is 19.5 Å². The number of carboxylic acid groups (broad SMARTS) is 1. The van der Waals surface area contributed by atoms with Crippen molar-refractivity contribution >= 4 is 23.8 Å². The molecule has 4 aliphatic rings. The van der Waals surface area contributed by atoms with E-state index in [9.17, 15) is 19.2 Å². The first-order chi connectivity index (χ1) is 22.4. The predicted octanol–water partition coefficient (Wildman–Crippen LogP) is 8.36. The van der Waals surface area contributed by atoms with Crippen molar-refractivity contribution in [1.29, 1.82) is 0 Å². The van der Waals surface area contributed by atoms with Gasteiger partial charge in [0.15, 0.2) is 0 Å². The molecule has 8 atom stereocenters. The Labute approximate surface area is 290 Å². The zero-order valence-electron chi connectivity index (χ0n) is 31.3. The molecule has 0 aromatic rings. The Morgan fingerprint density at radius 1 is 0.938 bits per heavy atom. The Morgan fingerprint density at radius 3 is 2.33 bits per heavy atom. The van der Waals surface area contributed by atoms with Gasteiger partial charge in [-0.05, 0) is 112 Å². The molecule has 1 amide bonds. The average molecular weight is 672 g/mol. The lowest BCUT2D eigenvalue weighted by molar-refractivity contribution is -0.159. The Bertz CT molecular complexity index is 1200. The number of rotatable bonds is 14. The predicted molar refractivity (Wildman–Crippen MR) is 187 cm³/mol. The van der Waals surface area contributed by atoms with Crippen LogP contribution >= 0.6 is 0 Å². The van der Waals surface area contributed by atoms with Crippen LogP contribution in [0.1, 0.15) is 145 Å². The number of aliphatic carboxylic acids is 1.